The number of thioether (sulfide) groups is 1. The van der Waals surface area contributed by atoms with E-state index in [1.165, 1.54) is 4.90 Å². The normalized spacial score (nSPS) is 16.1. The first-order valence-electron chi connectivity index (χ1n) is 4.80. The maximum Gasteiger partial charge on any atom is 0.405 e. The molecule has 0 fully saturated rings. The highest BCUT2D eigenvalue weighted by Crippen LogP contribution is 2.37. The minimum atomic E-state index is -4.18. The van der Waals surface area contributed by atoms with Gasteiger partial charge in [-0.2, -0.15) is 13.2 Å². The summed E-state index contributed by atoms with van der Waals surface area (Å²) in [6, 6.07) is 5.09. The summed E-state index contributed by atoms with van der Waals surface area (Å²) in [7, 11) is 0. The third-order valence-electron chi connectivity index (χ3n) is 2.31. The molecule has 0 saturated heterocycles. The Morgan fingerprint density at radius 1 is 1.38 bits per heavy atom. The fourth-order valence-corrected chi connectivity index (χ4v) is 2.70. The van der Waals surface area contributed by atoms with Crippen molar-refractivity contribution in [2.24, 2.45) is 0 Å². The van der Waals surface area contributed by atoms with E-state index in [0.29, 0.717) is 23.7 Å². The van der Waals surface area contributed by atoms with Crippen LogP contribution in [-0.4, -0.2) is 25.0 Å². The number of hydrogen-bond acceptors (Lipinski definition) is 3. The van der Waals surface area contributed by atoms with Gasteiger partial charge in [-0.05, 0) is 18.2 Å². The molecule has 1 aromatic rings. The zero-order valence-electron chi connectivity index (χ0n) is 8.42. The summed E-state index contributed by atoms with van der Waals surface area (Å²) < 4.78 is 37.1. The number of alkyl halides is 3. The minimum Gasteiger partial charge on any atom is -0.399 e. The van der Waals surface area contributed by atoms with E-state index in [2.05, 4.69) is 0 Å². The maximum atomic E-state index is 12.4. The van der Waals surface area contributed by atoms with Crippen LogP contribution in [0.4, 0.5) is 24.5 Å². The van der Waals surface area contributed by atoms with Crippen LogP contribution in [0.15, 0.2) is 23.1 Å². The molecule has 1 heterocycles. The summed E-state index contributed by atoms with van der Waals surface area (Å²) in [4.78, 5) is 2.20. The molecule has 0 aromatic heterocycles. The van der Waals surface area contributed by atoms with Crippen LogP contribution in [0.1, 0.15) is 0 Å². The standard InChI is InChI=1S/C10H11F3N2S/c11-10(12,13)6-15-3-4-16-9-2-1-7(14)5-8(9)15/h1-2,5H,3-4,6,14H2. The second kappa shape index (κ2) is 4.08. The van der Waals surface area contributed by atoms with Crippen LogP contribution < -0.4 is 10.6 Å². The van der Waals surface area contributed by atoms with E-state index in [1.807, 2.05) is 0 Å². The first kappa shape index (κ1) is 11.4. The number of halogens is 3. The van der Waals surface area contributed by atoms with Gasteiger partial charge in [0.2, 0.25) is 0 Å². The molecule has 1 aromatic carbocycles. The molecule has 16 heavy (non-hydrogen) atoms. The lowest BCUT2D eigenvalue weighted by Gasteiger charge is -2.31. The van der Waals surface area contributed by atoms with Crippen molar-refractivity contribution in [3.05, 3.63) is 18.2 Å². The molecule has 2 rings (SSSR count). The Morgan fingerprint density at radius 3 is 2.81 bits per heavy atom. The number of anilines is 2. The second-order valence-corrected chi connectivity index (χ2v) is 4.75. The molecule has 0 spiro atoms. The minimum absolute atomic E-state index is 0.403. The van der Waals surface area contributed by atoms with Crippen molar-refractivity contribution >= 4 is 23.1 Å². The molecule has 6 heteroatoms. The smallest absolute Gasteiger partial charge is 0.399 e. The highest BCUT2D eigenvalue weighted by molar-refractivity contribution is 7.99. The van der Waals surface area contributed by atoms with Gasteiger partial charge < -0.3 is 10.6 Å². The van der Waals surface area contributed by atoms with E-state index >= 15 is 0 Å². The molecule has 0 atom stereocenters. The van der Waals surface area contributed by atoms with Crippen LogP contribution in [0.5, 0.6) is 0 Å². The van der Waals surface area contributed by atoms with Gasteiger partial charge in [-0.15, -0.1) is 11.8 Å². The lowest BCUT2D eigenvalue weighted by molar-refractivity contribution is -0.119. The van der Waals surface area contributed by atoms with Crippen LogP contribution in [0.2, 0.25) is 0 Å². The highest BCUT2D eigenvalue weighted by Gasteiger charge is 2.32. The van der Waals surface area contributed by atoms with E-state index in [-0.39, 0.29) is 0 Å². The van der Waals surface area contributed by atoms with Crippen molar-refractivity contribution in [1.82, 2.24) is 0 Å². The van der Waals surface area contributed by atoms with Crippen LogP contribution in [-0.2, 0) is 0 Å². The van der Waals surface area contributed by atoms with Gasteiger partial charge in [-0.3, -0.25) is 0 Å². The zero-order valence-corrected chi connectivity index (χ0v) is 9.24. The average Bonchev–Trinajstić information content (AvgIpc) is 2.17. The van der Waals surface area contributed by atoms with E-state index in [0.717, 1.165) is 4.90 Å². The Hall–Kier alpha value is -1.04. The van der Waals surface area contributed by atoms with Crippen molar-refractivity contribution in [3.63, 3.8) is 0 Å². The monoisotopic (exact) mass is 248 g/mol. The molecule has 0 unspecified atom stereocenters. The molecular formula is C10H11F3N2S. The highest BCUT2D eigenvalue weighted by atomic mass is 32.2. The average molecular weight is 248 g/mol. The topological polar surface area (TPSA) is 29.3 Å². The molecule has 0 radical (unpaired) electrons. The lowest BCUT2D eigenvalue weighted by Crippen LogP contribution is -2.37. The van der Waals surface area contributed by atoms with Gasteiger partial charge in [-0.25, -0.2) is 0 Å². The van der Waals surface area contributed by atoms with E-state index in [9.17, 15) is 13.2 Å². The fourth-order valence-electron chi connectivity index (χ4n) is 1.67. The second-order valence-electron chi connectivity index (χ2n) is 3.61. The maximum absolute atomic E-state index is 12.4. The molecule has 1 aliphatic rings. The van der Waals surface area contributed by atoms with Crippen LogP contribution in [0, 0.1) is 0 Å². The number of benzene rings is 1. The first-order chi connectivity index (χ1) is 7.46. The molecule has 0 aliphatic carbocycles. The number of nitrogens with two attached hydrogens (primary N) is 1. The van der Waals surface area contributed by atoms with Gasteiger partial charge >= 0.3 is 6.18 Å². The Labute approximate surface area is 95.6 Å². The van der Waals surface area contributed by atoms with Gasteiger partial charge in [0.25, 0.3) is 0 Å². The Bertz CT molecular complexity index is 392. The SMILES string of the molecule is Nc1ccc2c(c1)N(CC(F)(F)F)CCS2. The summed E-state index contributed by atoms with van der Waals surface area (Å²) in [6.07, 6.45) is -4.18. The number of nitrogen functional groups attached to an aromatic ring is 1. The summed E-state index contributed by atoms with van der Waals surface area (Å²) in [5.74, 6) is 0.674. The summed E-state index contributed by atoms with van der Waals surface area (Å²) >= 11 is 1.56. The zero-order chi connectivity index (χ0) is 11.8. The van der Waals surface area contributed by atoms with E-state index in [4.69, 9.17) is 5.73 Å². The third kappa shape index (κ3) is 2.55. The van der Waals surface area contributed by atoms with Crippen molar-refractivity contribution in [2.75, 3.05) is 29.5 Å². The van der Waals surface area contributed by atoms with Crippen molar-refractivity contribution in [2.45, 2.75) is 11.1 Å². The predicted molar refractivity (Wildman–Crippen MR) is 59.8 cm³/mol. The fraction of sp³-hybridized carbons (Fsp3) is 0.400. The quantitative estimate of drug-likeness (QED) is 0.775. The van der Waals surface area contributed by atoms with Gasteiger partial charge in [0.1, 0.15) is 6.54 Å². The van der Waals surface area contributed by atoms with Crippen LogP contribution in [0.3, 0.4) is 0 Å². The molecule has 1 aliphatic heterocycles. The van der Waals surface area contributed by atoms with Gasteiger partial charge in [0.15, 0.2) is 0 Å². The predicted octanol–water partition coefficient (Wildman–Crippen LogP) is 2.74. The molecule has 2 nitrogen and oxygen atoms in total. The molecule has 0 amide bonds. The molecule has 0 saturated carbocycles. The number of rotatable bonds is 1. The number of nitrogens with zero attached hydrogens (tertiary/aromatic N) is 1. The number of hydrogen-bond donors (Lipinski definition) is 1. The molecule has 88 valence electrons. The summed E-state index contributed by atoms with van der Waals surface area (Å²) in [5, 5.41) is 0. The van der Waals surface area contributed by atoms with E-state index in [1.54, 1.807) is 30.0 Å². The van der Waals surface area contributed by atoms with Gasteiger partial charge in [-0.1, -0.05) is 0 Å². The lowest BCUT2D eigenvalue weighted by atomic mass is 10.2. The van der Waals surface area contributed by atoms with Crippen LogP contribution in [0.25, 0.3) is 0 Å². The summed E-state index contributed by atoms with van der Waals surface area (Å²) in [6.45, 7) is -0.509. The van der Waals surface area contributed by atoms with Crippen molar-refractivity contribution < 1.29 is 13.2 Å². The Kier molecular flexibility index (Phi) is 2.92. The molecule has 2 N–H and O–H groups in total. The largest absolute Gasteiger partial charge is 0.405 e. The Balaban J connectivity index is 2.28. The number of fused-ring (bicyclic) bond motifs is 1. The van der Waals surface area contributed by atoms with E-state index < -0.39 is 12.7 Å². The van der Waals surface area contributed by atoms with Gasteiger partial charge in [0.05, 0.1) is 5.69 Å². The van der Waals surface area contributed by atoms with Crippen LogP contribution >= 0.6 is 11.8 Å². The van der Waals surface area contributed by atoms with Gasteiger partial charge in [0, 0.05) is 22.9 Å². The molecular weight excluding hydrogens is 237 g/mol. The van der Waals surface area contributed by atoms with Crippen molar-refractivity contribution in [3.8, 4) is 0 Å². The third-order valence-corrected chi connectivity index (χ3v) is 3.36. The van der Waals surface area contributed by atoms with Crippen molar-refractivity contribution in [1.29, 1.82) is 0 Å². The Morgan fingerprint density at radius 2 is 2.12 bits per heavy atom. The molecule has 0 bridgehead atoms. The first-order valence-corrected chi connectivity index (χ1v) is 5.78. The summed E-state index contributed by atoms with van der Waals surface area (Å²) in [5.41, 5.74) is 6.68.